The van der Waals surface area contributed by atoms with Crippen LogP contribution in [0.5, 0.6) is 0 Å². The number of carbonyl (C=O) groups excluding carboxylic acids is 1. The van der Waals surface area contributed by atoms with Gasteiger partial charge in [0.05, 0.1) is 5.41 Å². The van der Waals surface area contributed by atoms with Gasteiger partial charge in [0, 0.05) is 31.4 Å². The third kappa shape index (κ3) is 3.15. The molecule has 2 aromatic rings. The number of likely N-dealkylation sites (tertiary alicyclic amines) is 1. The molecule has 2 heterocycles. The molecule has 6 heteroatoms. The number of carbonyl (C=O) groups is 1. The highest BCUT2D eigenvalue weighted by atomic mass is 19.1. The zero-order valence-corrected chi connectivity index (χ0v) is 15.9. The standard InChI is InChI=1S/C22H25FN4O/c23-17-3-1-16(2-4-17)22(10-11-22)21(28)26-13-8-19(9-14-26)27(18-5-6-18)20-7-12-24-15-25-20/h1-4,7,12,15,18-19H,5-6,8-11,13-14H2. The SMILES string of the molecule is O=C(N1CCC(N(c2ccncn2)C2CC2)CC1)C1(c2ccc(F)cc2)CC1. The minimum Gasteiger partial charge on any atom is -0.350 e. The van der Waals surface area contributed by atoms with E-state index in [0.29, 0.717) is 12.1 Å². The van der Waals surface area contributed by atoms with Crippen LogP contribution in [0, 0.1) is 5.82 Å². The Hall–Kier alpha value is -2.50. The molecule has 5 rings (SSSR count). The van der Waals surface area contributed by atoms with Gasteiger partial charge in [-0.1, -0.05) is 12.1 Å². The molecule has 0 radical (unpaired) electrons. The molecular weight excluding hydrogens is 355 g/mol. The second kappa shape index (κ2) is 6.83. The van der Waals surface area contributed by atoms with Crippen molar-refractivity contribution in [3.05, 3.63) is 54.2 Å². The summed E-state index contributed by atoms with van der Waals surface area (Å²) in [6, 6.07) is 9.47. The van der Waals surface area contributed by atoms with E-state index in [0.717, 1.165) is 50.2 Å². The summed E-state index contributed by atoms with van der Waals surface area (Å²) in [6.07, 6.45) is 9.52. The number of amides is 1. The maximum Gasteiger partial charge on any atom is 0.233 e. The number of halogens is 1. The molecule has 0 N–H and O–H groups in total. The molecule has 1 aromatic heterocycles. The summed E-state index contributed by atoms with van der Waals surface area (Å²) >= 11 is 0. The van der Waals surface area contributed by atoms with Crippen molar-refractivity contribution >= 4 is 11.7 Å². The third-order valence-electron chi connectivity index (χ3n) is 6.47. The predicted octanol–water partition coefficient (Wildman–Crippen LogP) is 3.31. The molecule has 5 nitrogen and oxygen atoms in total. The van der Waals surface area contributed by atoms with Crippen molar-refractivity contribution in [2.45, 2.75) is 56.0 Å². The van der Waals surface area contributed by atoms with Crippen LogP contribution in [0.25, 0.3) is 0 Å². The van der Waals surface area contributed by atoms with Gasteiger partial charge < -0.3 is 9.80 Å². The molecule has 146 valence electrons. The molecule has 0 spiro atoms. The fourth-order valence-corrected chi connectivity index (χ4v) is 4.63. The summed E-state index contributed by atoms with van der Waals surface area (Å²) in [5, 5.41) is 0. The lowest BCUT2D eigenvalue weighted by molar-refractivity contribution is -0.135. The zero-order valence-electron chi connectivity index (χ0n) is 15.9. The number of rotatable bonds is 5. The van der Waals surface area contributed by atoms with Gasteiger partial charge >= 0.3 is 0 Å². The van der Waals surface area contributed by atoms with Crippen molar-refractivity contribution < 1.29 is 9.18 Å². The van der Waals surface area contributed by atoms with E-state index in [2.05, 4.69) is 14.9 Å². The van der Waals surface area contributed by atoms with Crippen LogP contribution in [-0.4, -0.2) is 45.9 Å². The van der Waals surface area contributed by atoms with Crippen molar-refractivity contribution in [3.8, 4) is 0 Å². The van der Waals surface area contributed by atoms with E-state index in [1.165, 1.54) is 25.0 Å². The number of anilines is 1. The Kier molecular flexibility index (Phi) is 4.29. The van der Waals surface area contributed by atoms with Crippen LogP contribution in [0.2, 0.25) is 0 Å². The normalized spacial score (nSPS) is 21.4. The van der Waals surface area contributed by atoms with Gasteiger partial charge in [-0.3, -0.25) is 4.79 Å². The molecule has 1 amide bonds. The molecule has 28 heavy (non-hydrogen) atoms. The number of aromatic nitrogens is 2. The van der Waals surface area contributed by atoms with E-state index < -0.39 is 5.41 Å². The average Bonchev–Trinajstić information content (AvgIpc) is 3.65. The number of hydrogen-bond donors (Lipinski definition) is 0. The highest BCUT2D eigenvalue weighted by Gasteiger charge is 2.53. The second-order valence-corrected chi connectivity index (χ2v) is 8.32. The average molecular weight is 380 g/mol. The molecule has 1 aromatic carbocycles. The van der Waals surface area contributed by atoms with E-state index in [1.54, 1.807) is 24.7 Å². The summed E-state index contributed by atoms with van der Waals surface area (Å²) in [6.45, 7) is 1.56. The minimum absolute atomic E-state index is 0.220. The first kappa shape index (κ1) is 17.6. The Morgan fingerprint density at radius 3 is 2.29 bits per heavy atom. The first-order chi connectivity index (χ1) is 13.7. The van der Waals surface area contributed by atoms with Crippen molar-refractivity contribution in [1.29, 1.82) is 0 Å². The maximum atomic E-state index is 13.3. The van der Waals surface area contributed by atoms with Crippen molar-refractivity contribution in [1.82, 2.24) is 14.9 Å². The number of hydrogen-bond acceptors (Lipinski definition) is 4. The van der Waals surface area contributed by atoms with E-state index in [1.807, 2.05) is 11.0 Å². The van der Waals surface area contributed by atoms with Gasteiger partial charge in [0.15, 0.2) is 0 Å². The summed E-state index contributed by atoms with van der Waals surface area (Å²) < 4.78 is 13.3. The van der Waals surface area contributed by atoms with Gasteiger partial charge in [0.1, 0.15) is 18.0 Å². The van der Waals surface area contributed by atoms with Gasteiger partial charge in [-0.15, -0.1) is 0 Å². The van der Waals surface area contributed by atoms with Crippen LogP contribution in [0.1, 0.15) is 44.1 Å². The van der Waals surface area contributed by atoms with Gasteiger partial charge in [-0.05, 0) is 62.3 Å². The highest BCUT2D eigenvalue weighted by molar-refractivity contribution is 5.91. The molecule has 2 aliphatic carbocycles. The molecule has 0 unspecified atom stereocenters. The summed E-state index contributed by atoms with van der Waals surface area (Å²) in [4.78, 5) is 26.3. The smallest absolute Gasteiger partial charge is 0.233 e. The summed E-state index contributed by atoms with van der Waals surface area (Å²) in [7, 11) is 0. The highest BCUT2D eigenvalue weighted by Crippen LogP contribution is 2.50. The van der Waals surface area contributed by atoms with Crippen molar-refractivity contribution in [2.24, 2.45) is 0 Å². The van der Waals surface area contributed by atoms with Crippen LogP contribution >= 0.6 is 0 Å². The molecule has 0 atom stereocenters. The number of nitrogens with zero attached hydrogens (tertiary/aromatic N) is 4. The maximum absolute atomic E-state index is 13.3. The molecule has 3 aliphatic rings. The Balaban J connectivity index is 1.27. The van der Waals surface area contributed by atoms with Crippen LogP contribution in [0.3, 0.4) is 0 Å². The first-order valence-electron chi connectivity index (χ1n) is 10.3. The quantitative estimate of drug-likeness (QED) is 0.799. The molecular formula is C22H25FN4O. The largest absolute Gasteiger partial charge is 0.350 e. The van der Waals surface area contributed by atoms with E-state index >= 15 is 0 Å². The van der Waals surface area contributed by atoms with Crippen LogP contribution < -0.4 is 4.90 Å². The zero-order chi connectivity index (χ0) is 19.1. The van der Waals surface area contributed by atoms with Gasteiger partial charge in [-0.2, -0.15) is 0 Å². The minimum atomic E-state index is -0.413. The Labute approximate surface area is 164 Å². The van der Waals surface area contributed by atoms with Gasteiger partial charge in [0.2, 0.25) is 5.91 Å². The Morgan fingerprint density at radius 1 is 1.04 bits per heavy atom. The molecule has 1 saturated heterocycles. The second-order valence-electron chi connectivity index (χ2n) is 8.32. The first-order valence-corrected chi connectivity index (χ1v) is 10.3. The summed E-state index contributed by atoms with van der Waals surface area (Å²) in [5.41, 5.74) is 0.547. The van der Waals surface area contributed by atoms with Crippen LogP contribution in [0.4, 0.5) is 10.2 Å². The Morgan fingerprint density at radius 2 is 1.71 bits per heavy atom. The fourth-order valence-electron chi connectivity index (χ4n) is 4.63. The third-order valence-corrected chi connectivity index (χ3v) is 6.47. The topological polar surface area (TPSA) is 49.3 Å². The van der Waals surface area contributed by atoms with Gasteiger partial charge in [-0.25, -0.2) is 14.4 Å². The fraction of sp³-hybridized carbons (Fsp3) is 0.500. The lowest BCUT2D eigenvalue weighted by atomic mass is 9.92. The summed E-state index contributed by atoms with van der Waals surface area (Å²) in [5.74, 6) is 0.975. The predicted molar refractivity (Wildman–Crippen MR) is 104 cm³/mol. The molecule has 1 aliphatic heterocycles. The number of benzene rings is 1. The molecule has 0 bridgehead atoms. The van der Waals surface area contributed by atoms with Crippen LogP contribution in [0.15, 0.2) is 42.9 Å². The monoisotopic (exact) mass is 380 g/mol. The lowest BCUT2D eigenvalue weighted by Crippen LogP contribution is -2.50. The van der Waals surface area contributed by atoms with E-state index in [9.17, 15) is 9.18 Å². The lowest BCUT2D eigenvalue weighted by Gasteiger charge is -2.40. The van der Waals surface area contributed by atoms with Crippen LogP contribution in [-0.2, 0) is 10.2 Å². The van der Waals surface area contributed by atoms with Crippen molar-refractivity contribution in [2.75, 3.05) is 18.0 Å². The number of piperidine rings is 1. The van der Waals surface area contributed by atoms with Crippen molar-refractivity contribution in [3.63, 3.8) is 0 Å². The Bertz CT molecular complexity index is 841. The molecule has 3 fully saturated rings. The van der Waals surface area contributed by atoms with E-state index in [-0.39, 0.29) is 11.7 Å². The van der Waals surface area contributed by atoms with E-state index in [4.69, 9.17) is 0 Å². The van der Waals surface area contributed by atoms with Gasteiger partial charge in [0.25, 0.3) is 0 Å². The molecule has 2 saturated carbocycles.